The van der Waals surface area contributed by atoms with Crippen LogP contribution < -0.4 is 6.15 Å². The number of benzene rings is 1. The summed E-state index contributed by atoms with van der Waals surface area (Å²) >= 11 is 0. The Labute approximate surface area is 187 Å². The Kier molecular flexibility index (Phi) is 25.8. The molecule has 3 heteroatoms. The number of allylic oxidation sites excluding steroid dienone is 6. The summed E-state index contributed by atoms with van der Waals surface area (Å²) < 4.78 is 0. The van der Waals surface area contributed by atoms with Crippen LogP contribution in [0.2, 0.25) is 0 Å². The zero-order valence-corrected chi connectivity index (χ0v) is 19.5. The second-order valence-corrected chi connectivity index (χ2v) is 6.11. The minimum absolute atomic E-state index is 0. The molecule has 0 aromatic heterocycles. The van der Waals surface area contributed by atoms with E-state index in [0.717, 1.165) is 12.0 Å². The van der Waals surface area contributed by atoms with Gasteiger partial charge in [-0.2, -0.15) is 0 Å². The van der Waals surface area contributed by atoms with Crippen molar-refractivity contribution >= 4 is 10.8 Å². The van der Waals surface area contributed by atoms with Crippen LogP contribution in [0.1, 0.15) is 41.7 Å². The number of aryl methyl sites for hydroxylation is 2. The molecule has 30 heavy (non-hydrogen) atoms. The third-order valence-electron chi connectivity index (χ3n) is 3.39. The van der Waals surface area contributed by atoms with Crippen molar-refractivity contribution in [1.82, 2.24) is 6.15 Å². The van der Waals surface area contributed by atoms with Crippen LogP contribution >= 0.6 is 0 Å². The number of rotatable bonds is 4. The number of hydrogen-bond donors (Lipinski definition) is 2. The Morgan fingerprint density at radius 3 is 2.00 bits per heavy atom. The van der Waals surface area contributed by atoms with Crippen molar-refractivity contribution in [2.75, 3.05) is 6.61 Å². The van der Waals surface area contributed by atoms with E-state index in [2.05, 4.69) is 70.5 Å². The summed E-state index contributed by atoms with van der Waals surface area (Å²) in [5, 5.41) is 10.0. The molecule has 2 rings (SSSR count). The van der Waals surface area contributed by atoms with Crippen molar-refractivity contribution in [1.29, 1.82) is 0 Å². The van der Waals surface area contributed by atoms with E-state index in [0.29, 0.717) is 0 Å². The van der Waals surface area contributed by atoms with E-state index in [9.17, 15) is 0 Å². The van der Waals surface area contributed by atoms with Crippen molar-refractivity contribution in [2.24, 2.45) is 0 Å². The summed E-state index contributed by atoms with van der Waals surface area (Å²) in [5.41, 5.74) is 4.80. The average molecular weight is 416 g/mol. The lowest BCUT2D eigenvalue weighted by molar-refractivity contribution is 0.318. The van der Waals surface area contributed by atoms with Crippen LogP contribution in [0.3, 0.4) is 0 Å². The van der Waals surface area contributed by atoms with Gasteiger partial charge in [0.2, 0.25) is 0 Å². The van der Waals surface area contributed by atoms with Crippen molar-refractivity contribution in [2.45, 2.75) is 41.0 Å². The van der Waals surface area contributed by atoms with Gasteiger partial charge in [0, 0.05) is 14.8 Å². The summed E-state index contributed by atoms with van der Waals surface area (Å²) in [6, 6.07) is 14.7. The first-order chi connectivity index (χ1) is 13.3. The zero-order valence-electron chi connectivity index (χ0n) is 19.5. The second-order valence-electron chi connectivity index (χ2n) is 6.11. The molecule has 0 atom stereocenters. The maximum absolute atomic E-state index is 7.57. The van der Waals surface area contributed by atoms with E-state index in [1.165, 1.54) is 27.5 Å². The Hall–Kier alpha value is -2.90. The molecule has 0 amide bonds. The van der Waals surface area contributed by atoms with Gasteiger partial charge in [0.05, 0.1) is 0 Å². The van der Waals surface area contributed by atoms with E-state index in [-0.39, 0.29) is 21.1 Å². The quantitative estimate of drug-likeness (QED) is 0.517. The van der Waals surface area contributed by atoms with E-state index in [1.54, 1.807) is 25.2 Å². The van der Waals surface area contributed by atoms with Gasteiger partial charge in [0.1, 0.15) is 0 Å². The highest BCUT2D eigenvalue weighted by atomic mass is 16.2. The van der Waals surface area contributed by atoms with E-state index in [4.69, 9.17) is 5.11 Å². The van der Waals surface area contributed by atoms with E-state index < -0.39 is 0 Å². The molecule has 2 aromatic rings. The van der Waals surface area contributed by atoms with Gasteiger partial charge >= 0.3 is 0 Å². The minimum Gasteiger partial charge on any atom is -0.412 e. The molecule has 0 saturated carbocycles. The molecule has 0 aliphatic rings. The molecular formula is C27H45NO2. The first-order valence-electron chi connectivity index (χ1n) is 9.43. The smallest absolute Gasteiger partial charge is 0.0402 e. The molecule has 3 nitrogen and oxygen atoms in total. The number of aliphatic hydroxyl groups is 1. The first kappa shape index (κ1) is 34.6. The Bertz CT molecular complexity index is 770. The number of fused-ring (bicyclic) bond motifs is 1. The fourth-order valence-electron chi connectivity index (χ4n) is 1.88. The lowest BCUT2D eigenvalue weighted by atomic mass is 10.0. The Balaban J connectivity index is -0.0000000774. The summed E-state index contributed by atoms with van der Waals surface area (Å²) in [6.45, 7) is 24.3. The molecule has 0 aliphatic carbocycles. The highest BCUT2D eigenvalue weighted by Gasteiger charge is 1.96. The topological polar surface area (TPSA) is 86.7 Å². The van der Waals surface area contributed by atoms with Crippen molar-refractivity contribution in [3.8, 4) is 0 Å². The van der Waals surface area contributed by atoms with Crippen LogP contribution in [0, 0.1) is 19.1 Å². The zero-order chi connectivity index (χ0) is 21.9. The minimum atomic E-state index is 0. The fourth-order valence-corrected chi connectivity index (χ4v) is 1.88. The van der Waals surface area contributed by atoms with Crippen molar-refractivity contribution in [3.05, 3.63) is 109 Å². The second kappa shape index (κ2) is 22.4. The monoisotopic (exact) mass is 415 g/mol. The lowest BCUT2D eigenvalue weighted by Crippen LogP contribution is -1.81. The highest BCUT2D eigenvalue weighted by molar-refractivity contribution is 5.84. The van der Waals surface area contributed by atoms with Crippen LogP contribution in [0.4, 0.5) is 0 Å². The van der Waals surface area contributed by atoms with Crippen molar-refractivity contribution < 1.29 is 13.4 Å². The molecule has 170 valence electrons. The van der Waals surface area contributed by atoms with Crippen LogP contribution in [0.15, 0.2) is 86.0 Å². The highest BCUT2D eigenvalue weighted by Crippen LogP contribution is 2.17. The third kappa shape index (κ3) is 17.2. The molecule has 0 unspecified atom stereocenters. The van der Waals surface area contributed by atoms with Crippen LogP contribution in [-0.4, -0.2) is 17.2 Å². The van der Waals surface area contributed by atoms with Gasteiger partial charge in [0.15, 0.2) is 0 Å². The van der Waals surface area contributed by atoms with Crippen LogP contribution in [0.5, 0.6) is 0 Å². The Morgan fingerprint density at radius 1 is 1.13 bits per heavy atom. The van der Waals surface area contributed by atoms with Gasteiger partial charge in [-0.3, -0.25) is 0 Å². The maximum Gasteiger partial charge on any atom is 0.0402 e. The van der Waals surface area contributed by atoms with Gasteiger partial charge in [0.25, 0.3) is 0 Å². The maximum atomic E-state index is 7.57. The molecule has 0 spiro atoms. The molecular weight excluding hydrogens is 370 g/mol. The van der Waals surface area contributed by atoms with Gasteiger partial charge in [-0.25, -0.2) is 0 Å². The van der Waals surface area contributed by atoms with Crippen LogP contribution in [0.25, 0.3) is 10.8 Å². The molecule has 0 radical (unpaired) electrons. The first-order valence-corrected chi connectivity index (χ1v) is 9.43. The predicted molar refractivity (Wildman–Crippen MR) is 141 cm³/mol. The lowest BCUT2D eigenvalue weighted by Gasteiger charge is -2.00. The standard InChI is InChI=1S/C13H12.C6H10.C6H8.C2H6O.H3N.H2O.2H2/c1-3-11-7-8-13-10(2)5-4-6-12(13)9-11;1-4-5-6(2)3;1-4-6(3)5-2;1-2-3;;;;/h5,7-9H,3H2,1-2H3;4-5H,1H2,2-3H3;4-5H,1-3H2;3H,2H2,1H3;1H3;1H2;2*1H. The summed E-state index contributed by atoms with van der Waals surface area (Å²) in [4.78, 5) is 0. The van der Waals surface area contributed by atoms with Gasteiger partial charge in [-0.15, -0.1) is 0 Å². The fraction of sp³-hybridized carbons (Fsp3) is 0.259. The van der Waals surface area contributed by atoms with Gasteiger partial charge < -0.3 is 16.7 Å². The Morgan fingerprint density at radius 2 is 1.67 bits per heavy atom. The normalized spacial score (nSPS) is 7.67. The third-order valence-corrected chi connectivity index (χ3v) is 3.39. The molecule has 0 heterocycles. The number of hydrogen-bond acceptors (Lipinski definition) is 2. The van der Waals surface area contributed by atoms with Crippen molar-refractivity contribution in [3.63, 3.8) is 0 Å². The molecule has 0 fully saturated rings. The SMILES string of the molecule is C=CC(=C)C=C.C=CC=C(C)C.CCO.CCc1ccc2c(C)cc#cc2c1.N.O.[HH].[HH]. The van der Waals surface area contributed by atoms with E-state index >= 15 is 0 Å². The van der Waals surface area contributed by atoms with Gasteiger partial charge in [-0.05, 0) is 68.3 Å². The van der Waals surface area contributed by atoms with Crippen LogP contribution in [-0.2, 0) is 6.42 Å². The predicted octanol–water partition coefficient (Wildman–Crippen LogP) is 7.19. The summed E-state index contributed by atoms with van der Waals surface area (Å²) in [5.74, 6) is 0. The molecule has 6 N–H and O–H groups in total. The number of aliphatic hydroxyl groups excluding tert-OH is 1. The molecule has 0 aliphatic heterocycles. The average Bonchev–Trinajstić information content (AvgIpc) is 2.68. The van der Waals surface area contributed by atoms with Gasteiger partial charge in [-0.1, -0.05) is 87.4 Å². The molecule has 0 saturated heterocycles. The summed E-state index contributed by atoms with van der Waals surface area (Å²) in [7, 11) is 0. The molecule has 0 bridgehead atoms. The summed E-state index contributed by atoms with van der Waals surface area (Å²) in [6.07, 6.45) is 8.16. The van der Waals surface area contributed by atoms with E-state index in [1.807, 2.05) is 26.0 Å². The largest absolute Gasteiger partial charge is 0.412 e. The molecule has 2 aromatic carbocycles.